The summed E-state index contributed by atoms with van der Waals surface area (Å²) >= 11 is 0. The molecular weight excluding hydrogens is 172 g/mol. The van der Waals surface area contributed by atoms with Gasteiger partial charge in [0.2, 0.25) is 0 Å². The van der Waals surface area contributed by atoms with Crippen molar-refractivity contribution in [3.8, 4) is 0 Å². The lowest BCUT2D eigenvalue weighted by atomic mass is 9.66. The predicted molar refractivity (Wildman–Crippen MR) is 59.9 cm³/mol. The molecule has 0 spiro atoms. The maximum atomic E-state index is 6.55. The van der Waals surface area contributed by atoms with Crippen LogP contribution in [0.4, 0.5) is 0 Å². The van der Waals surface area contributed by atoms with Crippen LogP contribution >= 0.6 is 0 Å². The molecule has 2 saturated carbocycles. The molecule has 0 aromatic heterocycles. The third kappa shape index (κ3) is 1.82. The van der Waals surface area contributed by atoms with Crippen molar-refractivity contribution in [1.82, 2.24) is 0 Å². The van der Waals surface area contributed by atoms with Gasteiger partial charge in [-0.15, -0.1) is 0 Å². The Balaban J connectivity index is 2.03. The van der Waals surface area contributed by atoms with Crippen LogP contribution in [0.1, 0.15) is 57.8 Å². The van der Waals surface area contributed by atoms with Gasteiger partial charge in [0.25, 0.3) is 0 Å². The molecule has 2 atom stereocenters. The summed E-state index contributed by atoms with van der Waals surface area (Å²) in [6.45, 7) is 0. The van der Waals surface area contributed by atoms with E-state index in [1.54, 1.807) is 0 Å². The average Bonchev–Trinajstić information content (AvgIpc) is 2.24. The summed E-state index contributed by atoms with van der Waals surface area (Å²) in [6, 6.07) is 0.263. The smallest absolute Gasteiger partial charge is 0.0336 e. The minimum absolute atomic E-state index is 0.0152. The van der Waals surface area contributed by atoms with Gasteiger partial charge < -0.3 is 11.5 Å². The van der Waals surface area contributed by atoms with Crippen molar-refractivity contribution in [2.75, 3.05) is 0 Å². The number of hydrogen-bond donors (Lipinski definition) is 2. The van der Waals surface area contributed by atoms with Gasteiger partial charge in [0.1, 0.15) is 0 Å². The van der Waals surface area contributed by atoms with Crippen LogP contribution in [0.2, 0.25) is 0 Å². The van der Waals surface area contributed by atoms with Crippen molar-refractivity contribution >= 4 is 0 Å². The molecule has 2 aliphatic rings. The third-order valence-electron chi connectivity index (χ3n) is 4.43. The zero-order valence-electron chi connectivity index (χ0n) is 9.17. The molecule has 2 unspecified atom stereocenters. The molecule has 0 amide bonds. The van der Waals surface area contributed by atoms with E-state index in [4.69, 9.17) is 11.5 Å². The Labute approximate surface area is 87.4 Å². The summed E-state index contributed by atoms with van der Waals surface area (Å²) in [4.78, 5) is 0. The Morgan fingerprint density at radius 1 is 0.857 bits per heavy atom. The fourth-order valence-electron chi connectivity index (χ4n) is 3.40. The Bertz CT molecular complexity index is 187. The first-order valence-corrected chi connectivity index (χ1v) is 6.28. The lowest BCUT2D eigenvalue weighted by Gasteiger charge is -2.46. The van der Waals surface area contributed by atoms with Gasteiger partial charge in [0.15, 0.2) is 0 Å². The van der Waals surface area contributed by atoms with Crippen LogP contribution < -0.4 is 11.5 Å². The molecule has 2 heteroatoms. The molecule has 0 saturated heterocycles. The lowest BCUT2D eigenvalue weighted by molar-refractivity contribution is 0.131. The second kappa shape index (κ2) is 4.19. The monoisotopic (exact) mass is 196 g/mol. The normalized spacial score (nSPS) is 41.1. The summed E-state index contributed by atoms with van der Waals surface area (Å²) in [5.41, 5.74) is 12.8. The van der Waals surface area contributed by atoms with Gasteiger partial charge in [-0.25, -0.2) is 0 Å². The average molecular weight is 196 g/mol. The molecule has 0 heterocycles. The molecule has 2 rings (SSSR count). The van der Waals surface area contributed by atoms with Crippen LogP contribution in [0.5, 0.6) is 0 Å². The topological polar surface area (TPSA) is 52.0 Å². The van der Waals surface area contributed by atoms with E-state index in [9.17, 15) is 0 Å². The highest BCUT2D eigenvalue weighted by Gasteiger charge is 2.41. The van der Waals surface area contributed by atoms with Gasteiger partial charge in [-0.3, -0.25) is 0 Å². The third-order valence-corrected chi connectivity index (χ3v) is 4.43. The Kier molecular flexibility index (Phi) is 3.13. The molecule has 0 bridgehead atoms. The Morgan fingerprint density at radius 2 is 1.50 bits per heavy atom. The van der Waals surface area contributed by atoms with Crippen molar-refractivity contribution in [1.29, 1.82) is 0 Å². The van der Waals surface area contributed by atoms with Crippen molar-refractivity contribution in [2.24, 2.45) is 17.4 Å². The quantitative estimate of drug-likeness (QED) is 0.675. The van der Waals surface area contributed by atoms with E-state index in [-0.39, 0.29) is 11.6 Å². The standard InChI is InChI=1S/C12H24N2/c13-11-8-4-5-9-12(11,14)10-6-2-1-3-7-10/h10-11H,1-9,13-14H2. The molecule has 2 fully saturated rings. The van der Waals surface area contributed by atoms with Crippen LogP contribution in [0, 0.1) is 5.92 Å². The van der Waals surface area contributed by atoms with Crippen LogP contribution in [0.3, 0.4) is 0 Å². The number of hydrogen-bond acceptors (Lipinski definition) is 2. The van der Waals surface area contributed by atoms with Gasteiger partial charge in [0.05, 0.1) is 0 Å². The largest absolute Gasteiger partial charge is 0.326 e. The van der Waals surface area contributed by atoms with E-state index in [1.807, 2.05) is 0 Å². The zero-order valence-corrected chi connectivity index (χ0v) is 9.17. The first-order chi connectivity index (χ1) is 6.73. The molecule has 82 valence electrons. The number of rotatable bonds is 1. The zero-order chi connectivity index (χ0) is 10.0. The number of nitrogens with two attached hydrogens (primary N) is 2. The first kappa shape index (κ1) is 10.4. The molecule has 2 aliphatic carbocycles. The minimum Gasteiger partial charge on any atom is -0.326 e. The fraction of sp³-hybridized carbons (Fsp3) is 1.00. The molecule has 2 nitrogen and oxygen atoms in total. The molecule has 4 N–H and O–H groups in total. The van der Waals surface area contributed by atoms with E-state index in [2.05, 4.69) is 0 Å². The summed E-state index contributed by atoms with van der Waals surface area (Å²) < 4.78 is 0. The fourth-order valence-corrected chi connectivity index (χ4v) is 3.40. The first-order valence-electron chi connectivity index (χ1n) is 6.28. The van der Waals surface area contributed by atoms with Crippen molar-refractivity contribution in [3.63, 3.8) is 0 Å². The highest BCUT2D eigenvalue weighted by Crippen LogP contribution is 2.39. The van der Waals surface area contributed by atoms with Crippen molar-refractivity contribution in [2.45, 2.75) is 69.4 Å². The van der Waals surface area contributed by atoms with E-state index in [1.165, 1.54) is 51.4 Å². The molecule has 0 aliphatic heterocycles. The van der Waals surface area contributed by atoms with E-state index >= 15 is 0 Å². The summed E-state index contributed by atoms with van der Waals surface area (Å²) in [5.74, 6) is 0.714. The second-order valence-corrected chi connectivity index (χ2v) is 5.30. The van der Waals surface area contributed by atoms with Gasteiger partial charge in [-0.2, -0.15) is 0 Å². The van der Waals surface area contributed by atoms with E-state index < -0.39 is 0 Å². The molecular formula is C12H24N2. The SMILES string of the molecule is NC1CCCCC1(N)C1CCCCC1. The van der Waals surface area contributed by atoms with Crippen LogP contribution in [-0.2, 0) is 0 Å². The molecule has 0 radical (unpaired) electrons. The highest BCUT2D eigenvalue weighted by molar-refractivity contribution is 5.02. The van der Waals surface area contributed by atoms with E-state index in [0.717, 1.165) is 6.42 Å². The van der Waals surface area contributed by atoms with Gasteiger partial charge in [-0.05, 0) is 31.6 Å². The second-order valence-electron chi connectivity index (χ2n) is 5.30. The maximum Gasteiger partial charge on any atom is 0.0336 e. The van der Waals surface area contributed by atoms with Gasteiger partial charge >= 0.3 is 0 Å². The Morgan fingerprint density at radius 3 is 2.14 bits per heavy atom. The van der Waals surface area contributed by atoms with Gasteiger partial charge in [-0.1, -0.05) is 32.1 Å². The van der Waals surface area contributed by atoms with Crippen LogP contribution in [0.15, 0.2) is 0 Å². The molecule has 0 aromatic carbocycles. The molecule has 0 aromatic rings. The summed E-state index contributed by atoms with van der Waals surface area (Å²) in [6.07, 6.45) is 11.7. The van der Waals surface area contributed by atoms with Crippen LogP contribution in [-0.4, -0.2) is 11.6 Å². The predicted octanol–water partition coefficient (Wildman–Crippen LogP) is 2.17. The minimum atomic E-state index is -0.0152. The van der Waals surface area contributed by atoms with E-state index in [0.29, 0.717) is 5.92 Å². The van der Waals surface area contributed by atoms with Crippen LogP contribution in [0.25, 0.3) is 0 Å². The molecule has 14 heavy (non-hydrogen) atoms. The Hall–Kier alpha value is -0.0800. The highest BCUT2D eigenvalue weighted by atomic mass is 14.9. The summed E-state index contributed by atoms with van der Waals surface area (Å²) in [5, 5.41) is 0. The van der Waals surface area contributed by atoms with Crippen molar-refractivity contribution in [3.05, 3.63) is 0 Å². The lowest BCUT2D eigenvalue weighted by Crippen LogP contribution is -2.61. The maximum absolute atomic E-state index is 6.55. The van der Waals surface area contributed by atoms with Crippen molar-refractivity contribution < 1.29 is 0 Å². The van der Waals surface area contributed by atoms with Gasteiger partial charge in [0, 0.05) is 11.6 Å². The summed E-state index contributed by atoms with van der Waals surface area (Å²) in [7, 11) is 0.